The molecule has 98 valence electrons. The number of carbonyl (C=O) groups is 1. The number of carbonyl (C=O) groups excluding carboxylic acids is 1. The number of hydrogen-bond donors (Lipinski definition) is 2. The average molecular weight is 232 g/mol. The average Bonchev–Trinajstić information content (AvgIpc) is 2.34. The highest BCUT2D eigenvalue weighted by Crippen LogP contribution is 1.85. The molecule has 0 aromatic rings. The van der Waals surface area contributed by atoms with Crippen molar-refractivity contribution in [1.29, 1.82) is 0 Å². The molecule has 0 saturated heterocycles. The summed E-state index contributed by atoms with van der Waals surface area (Å²) in [4.78, 5) is 10.8. The van der Waals surface area contributed by atoms with E-state index in [1.54, 1.807) is 0 Å². The van der Waals surface area contributed by atoms with Gasteiger partial charge < -0.3 is 15.4 Å². The molecule has 0 bridgehead atoms. The summed E-state index contributed by atoms with van der Waals surface area (Å²) in [7, 11) is 1.93. The summed E-state index contributed by atoms with van der Waals surface area (Å²) >= 11 is 0. The van der Waals surface area contributed by atoms with Crippen LogP contribution in [-0.4, -0.2) is 39.3 Å². The van der Waals surface area contributed by atoms with Crippen molar-refractivity contribution in [2.45, 2.75) is 40.0 Å². The topological polar surface area (TPSA) is 50.4 Å². The normalized spacial score (nSPS) is 9.25. The molecule has 0 saturated carbocycles. The second-order valence-electron chi connectivity index (χ2n) is 3.13. The van der Waals surface area contributed by atoms with Gasteiger partial charge in [-0.25, -0.2) is 0 Å². The van der Waals surface area contributed by atoms with Gasteiger partial charge in [-0.05, 0) is 26.4 Å². The number of nitrogens with one attached hydrogen (secondary N) is 2. The minimum absolute atomic E-state index is 0.111. The molecule has 0 rings (SSSR count). The van der Waals surface area contributed by atoms with Gasteiger partial charge in [0.15, 0.2) is 0 Å². The maximum absolute atomic E-state index is 10.8. The Kier molecular flexibility index (Phi) is 18.7. The smallest absolute Gasteiger partial charge is 0.219 e. The Labute approximate surface area is 100 Å². The zero-order chi connectivity index (χ0) is 12.6. The van der Waals surface area contributed by atoms with Crippen molar-refractivity contribution in [3.05, 3.63) is 0 Å². The lowest BCUT2D eigenvalue weighted by Crippen LogP contribution is -2.24. The van der Waals surface area contributed by atoms with E-state index in [9.17, 15) is 4.79 Å². The summed E-state index contributed by atoms with van der Waals surface area (Å²) in [6.07, 6.45) is 2.49. The van der Waals surface area contributed by atoms with Gasteiger partial charge in [-0.3, -0.25) is 4.79 Å². The van der Waals surface area contributed by atoms with Crippen molar-refractivity contribution in [2.75, 3.05) is 33.4 Å². The molecule has 1 amide bonds. The second-order valence-corrected chi connectivity index (χ2v) is 3.13. The van der Waals surface area contributed by atoms with E-state index < -0.39 is 0 Å². The maximum atomic E-state index is 10.8. The molecule has 0 aliphatic heterocycles. The SMILES string of the molecule is CC.CCC(=O)NCCCOCCCNC. The third-order valence-corrected chi connectivity index (χ3v) is 1.82. The van der Waals surface area contributed by atoms with E-state index in [0.717, 1.165) is 39.1 Å². The Morgan fingerprint density at radius 3 is 2.19 bits per heavy atom. The van der Waals surface area contributed by atoms with Gasteiger partial charge in [-0.2, -0.15) is 0 Å². The van der Waals surface area contributed by atoms with Crippen molar-refractivity contribution in [3.8, 4) is 0 Å². The van der Waals surface area contributed by atoms with Gasteiger partial charge in [0.1, 0.15) is 0 Å². The lowest BCUT2D eigenvalue weighted by atomic mass is 10.4. The van der Waals surface area contributed by atoms with Crippen LogP contribution in [0.15, 0.2) is 0 Å². The van der Waals surface area contributed by atoms with Crippen LogP contribution in [0.2, 0.25) is 0 Å². The Bertz CT molecular complexity index is 141. The van der Waals surface area contributed by atoms with E-state index in [1.165, 1.54) is 0 Å². The molecule has 0 heterocycles. The van der Waals surface area contributed by atoms with Crippen LogP contribution >= 0.6 is 0 Å². The highest BCUT2D eigenvalue weighted by Gasteiger charge is 1.94. The summed E-state index contributed by atoms with van der Waals surface area (Å²) in [6.45, 7) is 9.09. The van der Waals surface area contributed by atoms with E-state index in [0.29, 0.717) is 6.42 Å². The summed E-state index contributed by atoms with van der Waals surface area (Å²) < 4.78 is 5.36. The van der Waals surface area contributed by atoms with Gasteiger partial charge in [0.05, 0.1) is 0 Å². The van der Waals surface area contributed by atoms with E-state index >= 15 is 0 Å². The van der Waals surface area contributed by atoms with Gasteiger partial charge in [0, 0.05) is 26.2 Å². The molecule has 0 spiro atoms. The number of rotatable bonds is 9. The largest absolute Gasteiger partial charge is 0.381 e. The summed E-state index contributed by atoms with van der Waals surface area (Å²) in [5.41, 5.74) is 0. The van der Waals surface area contributed by atoms with Crippen molar-refractivity contribution < 1.29 is 9.53 Å². The Hall–Kier alpha value is -0.610. The Balaban J connectivity index is 0. The first-order valence-corrected chi connectivity index (χ1v) is 6.30. The third-order valence-electron chi connectivity index (χ3n) is 1.82. The standard InChI is InChI=1S/C10H22N2O2.C2H6/c1-3-10(13)12-7-5-9-14-8-4-6-11-2;1-2/h11H,3-9H2,1-2H3,(H,12,13);1-2H3. The molecule has 0 radical (unpaired) electrons. The van der Waals surface area contributed by atoms with Gasteiger partial charge in [0.25, 0.3) is 0 Å². The first-order valence-electron chi connectivity index (χ1n) is 6.30. The minimum atomic E-state index is 0.111. The van der Waals surface area contributed by atoms with E-state index in [4.69, 9.17) is 4.74 Å². The van der Waals surface area contributed by atoms with Gasteiger partial charge in [-0.15, -0.1) is 0 Å². The zero-order valence-corrected chi connectivity index (χ0v) is 11.3. The molecule has 0 fully saturated rings. The van der Waals surface area contributed by atoms with Crippen LogP contribution in [0, 0.1) is 0 Å². The van der Waals surface area contributed by atoms with Crippen molar-refractivity contribution in [1.82, 2.24) is 10.6 Å². The molecule has 0 atom stereocenters. The number of hydrogen-bond acceptors (Lipinski definition) is 3. The molecular weight excluding hydrogens is 204 g/mol. The van der Waals surface area contributed by atoms with E-state index in [-0.39, 0.29) is 5.91 Å². The lowest BCUT2D eigenvalue weighted by molar-refractivity contribution is -0.120. The van der Waals surface area contributed by atoms with Crippen LogP contribution in [0.1, 0.15) is 40.0 Å². The molecule has 16 heavy (non-hydrogen) atoms. The summed E-state index contributed by atoms with van der Waals surface area (Å²) in [5.74, 6) is 0.111. The predicted molar refractivity (Wildman–Crippen MR) is 68.6 cm³/mol. The van der Waals surface area contributed by atoms with Crippen LogP contribution in [0.3, 0.4) is 0 Å². The van der Waals surface area contributed by atoms with Crippen LogP contribution in [0.25, 0.3) is 0 Å². The first-order chi connectivity index (χ1) is 7.81. The molecule has 0 aromatic carbocycles. The van der Waals surface area contributed by atoms with Crippen molar-refractivity contribution in [2.24, 2.45) is 0 Å². The second kappa shape index (κ2) is 16.8. The molecule has 0 aliphatic carbocycles. The zero-order valence-electron chi connectivity index (χ0n) is 11.3. The third kappa shape index (κ3) is 15.8. The van der Waals surface area contributed by atoms with Crippen LogP contribution < -0.4 is 10.6 Å². The Morgan fingerprint density at radius 1 is 1.12 bits per heavy atom. The summed E-state index contributed by atoms with van der Waals surface area (Å²) in [6, 6.07) is 0. The minimum Gasteiger partial charge on any atom is -0.381 e. The van der Waals surface area contributed by atoms with E-state index in [2.05, 4.69) is 10.6 Å². The molecule has 0 aromatic heterocycles. The monoisotopic (exact) mass is 232 g/mol. The molecule has 0 unspecified atom stereocenters. The summed E-state index contributed by atoms with van der Waals surface area (Å²) in [5, 5.41) is 5.86. The molecule has 2 N–H and O–H groups in total. The van der Waals surface area contributed by atoms with Gasteiger partial charge >= 0.3 is 0 Å². The Morgan fingerprint density at radius 2 is 1.69 bits per heavy atom. The highest BCUT2D eigenvalue weighted by molar-refractivity contribution is 5.75. The fourth-order valence-corrected chi connectivity index (χ4v) is 0.980. The lowest BCUT2D eigenvalue weighted by Gasteiger charge is -2.05. The maximum Gasteiger partial charge on any atom is 0.219 e. The van der Waals surface area contributed by atoms with E-state index in [1.807, 2.05) is 27.8 Å². The van der Waals surface area contributed by atoms with Gasteiger partial charge in [-0.1, -0.05) is 20.8 Å². The van der Waals surface area contributed by atoms with Crippen LogP contribution in [0.4, 0.5) is 0 Å². The predicted octanol–water partition coefficient (Wildman–Crippen LogP) is 1.56. The first kappa shape index (κ1) is 17.8. The van der Waals surface area contributed by atoms with Crippen LogP contribution in [0.5, 0.6) is 0 Å². The highest BCUT2D eigenvalue weighted by atomic mass is 16.5. The molecule has 4 nitrogen and oxygen atoms in total. The van der Waals surface area contributed by atoms with Crippen LogP contribution in [-0.2, 0) is 9.53 Å². The van der Waals surface area contributed by atoms with Crippen molar-refractivity contribution in [3.63, 3.8) is 0 Å². The van der Waals surface area contributed by atoms with Gasteiger partial charge in [0.2, 0.25) is 5.91 Å². The molecule has 4 heteroatoms. The van der Waals surface area contributed by atoms with Crippen molar-refractivity contribution >= 4 is 5.91 Å². The fraction of sp³-hybridized carbons (Fsp3) is 0.917. The number of ether oxygens (including phenoxy) is 1. The molecular formula is C12H28N2O2. The molecule has 0 aliphatic rings. The quantitative estimate of drug-likeness (QED) is 0.593. The fourth-order valence-electron chi connectivity index (χ4n) is 0.980. The number of amides is 1.